The van der Waals surface area contributed by atoms with Gasteiger partial charge < -0.3 is 10.2 Å². The Bertz CT molecular complexity index is 911. The summed E-state index contributed by atoms with van der Waals surface area (Å²) in [5.74, 6) is -0.330. The van der Waals surface area contributed by atoms with Gasteiger partial charge in [-0.1, -0.05) is 65.5 Å². The minimum absolute atomic E-state index is 0.142. The summed E-state index contributed by atoms with van der Waals surface area (Å²) >= 11 is 12.8. The lowest BCUT2D eigenvalue weighted by atomic mass is 10.0. The minimum atomic E-state index is -0.634. The second-order valence-electron chi connectivity index (χ2n) is 9.06. The average molecular weight is 463 g/mol. The van der Waals surface area contributed by atoms with E-state index in [0.29, 0.717) is 22.0 Å². The SMILES string of the molecule is CCC(C(=O)NC(C)(C)C)N(Cc1c(Cl)cccc1Cl)C(=O)Cc1cc(C)cc(C)c1. The van der Waals surface area contributed by atoms with Crippen LogP contribution in [0.15, 0.2) is 36.4 Å². The first-order valence-corrected chi connectivity index (χ1v) is 11.3. The molecule has 0 bridgehead atoms. The van der Waals surface area contributed by atoms with Gasteiger partial charge in [-0.15, -0.1) is 0 Å². The molecule has 2 aromatic rings. The average Bonchev–Trinajstić information content (AvgIpc) is 2.61. The molecule has 2 aromatic carbocycles. The third-order valence-electron chi connectivity index (χ3n) is 4.91. The lowest BCUT2D eigenvalue weighted by Gasteiger charge is -2.33. The third kappa shape index (κ3) is 7.26. The number of nitrogens with one attached hydrogen (secondary N) is 1. The monoisotopic (exact) mass is 462 g/mol. The fourth-order valence-corrected chi connectivity index (χ4v) is 4.19. The van der Waals surface area contributed by atoms with E-state index in [1.165, 1.54) is 0 Å². The lowest BCUT2D eigenvalue weighted by Crippen LogP contribution is -2.53. The number of carbonyl (C=O) groups excluding carboxylic acids is 2. The number of benzene rings is 2. The van der Waals surface area contributed by atoms with Gasteiger partial charge in [0, 0.05) is 27.7 Å². The summed E-state index contributed by atoms with van der Waals surface area (Å²) in [6.07, 6.45) is 0.673. The summed E-state index contributed by atoms with van der Waals surface area (Å²) < 4.78 is 0. The molecule has 1 unspecified atom stereocenters. The zero-order chi connectivity index (χ0) is 23.3. The Balaban J connectivity index is 2.42. The maximum atomic E-state index is 13.5. The second kappa shape index (κ2) is 10.5. The Kier molecular flexibility index (Phi) is 8.56. The number of aryl methyl sites for hydroxylation is 2. The summed E-state index contributed by atoms with van der Waals surface area (Å²) in [7, 11) is 0. The minimum Gasteiger partial charge on any atom is -0.350 e. The van der Waals surface area contributed by atoms with Crippen molar-refractivity contribution < 1.29 is 9.59 Å². The van der Waals surface area contributed by atoms with Gasteiger partial charge in [0.2, 0.25) is 11.8 Å². The molecule has 0 heterocycles. The smallest absolute Gasteiger partial charge is 0.243 e. The maximum Gasteiger partial charge on any atom is 0.243 e. The first-order valence-electron chi connectivity index (χ1n) is 10.5. The van der Waals surface area contributed by atoms with Gasteiger partial charge in [-0.05, 0) is 58.7 Å². The van der Waals surface area contributed by atoms with Crippen molar-refractivity contribution in [2.45, 2.75) is 72.5 Å². The first-order chi connectivity index (χ1) is 14.4. The fraction of sp³-hybridized carbons (Fsp3) is 0.440. The van der Waals surface area contributed by atoms with Crippen LogP contribution in [0.1, 0.15) is 56.4 Å². The van der Waals surface area contributed by atoms with Crippen LogP contribution in [0, 0.1) is 13.8 Å². The molecule has 31 heavy (non-hydrogen) atoms. The highest BCUT2D eigenvalue weighted by Gasteiger charge is 2.31. The molecule has 0 spiro atoms. The Hall–Kier alpha value is -2.04. The molecule has 0 saturated carbocycles. The van der Waals surface area contributed by atoms with E-state index >= 15 is 0 Å². The van der Waals surface area contributed by atoms with Gasteiger partial charge in [0.25, 0.3) is 0 Å². The van der Waals surface area contributed by atoms with Gasteiger partial charge in [-0.2, -0.15) is 0 Å². The van der Waals surface area contributed by atoms with Crippen LogP contribution in [0.4, 0.5) is 0 Å². The van der Waals surface area contributed by atoms with Crippen molar-refractivity contribution in [2.24, 2.45) is 0 Å². The molecule has 168 valence electrons. The van der Waals surface area contributed by atoms with Crippen molar-refractivity contribution in [3.05, 3.63) is 68.7 Å². The first kappa shape index (κ1) is 25.2. The molecule has 0 aromatic heterocycles. The molecule has 1 atom stereocenters. The van der Waals surface area contributed by atoms with Crippen LogP contribution < -0.4 is 5.32 Å². The molecule has 0 aliphatic carbocycles. The van der Waals surface area contributed by atoms with Crippen LogP contribution in [-0.4, -0.2) is 28.3 Å². The van der Waals surface area contributed by atoms with Crippen LogP contribution in [0.2, 0.25) is 10.0 Å². The van der Waals surface area contributed by atoms with Crippen molar-refractivity contribution in [1.29, 1.82) is 0 Å². The van der Waals surface area contributed by atoms with Gasteiger partial charge in [0.05, 0.1) is 6.42 Å². The van der Waals surface area contributed by atoms with Crippen molar-refractivity contribution in [2.75, 3.05) is 0 Å². The number of nitrogens with zero attached hydrogens (tertiary/aromatic N) is 1. The van der Waals surface area contributed by atoms with E-state index < -0.39 is 11.6 Å². The van der Waals surface area contributed by atoms with Crippen LogP contribution in [0.25, 0.3) is 0 Å². The lowest BCUT2D eigenvalue weighted by molar-refractivity contribution is -0.141. The predicted molar refractivity (Wildman–Crippen MR) is 129 cm³/mol. The topological polar surface area (TPSA) is 49.4 Å². The second-order valence-corrected chi connectivity index (χ2v) is 9.87. The summed E-state index contributed by atoms with van der Waals surface area (Å²) in [5, 5.41) is 3.95. The Morgan fingerprint density at radius 1 is 1.03 bits per heavy atom. The van der Waals surface area contributed by atoms with Gasteiger partial charge >= 0.3 is 0 Å². The Morgan fingerprint density at radius 2 is 1.58 bits per heavy atom. The van der Waals surface area contributed by atoms with E-state index in [2.05, 4.69) is 11.4 Å². The highest BCUT2D eigenvalue weighted by atomic mass is 35.5. The molecule has 0 saturated heterocycles. The molecule has 0 aliphatic rings. The Labute approximate surface area is 195 Å². The quantitative estimate of drug-likeness (QED) is 0.558. The highest BCUT2D eigenvalue weighted by molar-refractivity contribution is 6.36. The normalized spacial score (nSPS) is 12.4. The van der Waals surface area contributed by atoms with Gasteiger partial charge in [0.1, 0.15) is 6.04 Å². The van der Waals surface area contributed by atoms with Crippen molar-refractivity contribution >= 4 is 35.0 Å². The predicted octanol–water partition coefficient (Wildman–Crippen LogP) is 5.87. The molecule has 6 heteroatoms. The van der Waals surface area contributed by atoms with E-state index in [-0.39, 0.29) is 24.8 Å². The highest BCUT2D eigenvalue weighted by Crippen LogP contribution is 2.27. The molecular weight excluding hydrogens is 431 g/mol. The third-order valence-corrected chi connectivity index (χ3v) is 5.62. The summed E-state index contributed by atoms with van der Waals surface area (Å²) in [4.78, 5) is 28.2. The van der Waals surface area contributed by atoms with Crippen LogP contribution >= 0.6 is 23.2 Å². The standard InChI is InChI=1S/C25H32Cl2N2O2/c1-7-22(24(31)28-25(4,5)6)29(15-19-20(26)9-8-10-21(19)27)23(30)14-18-12-16(2)11-17(3)13-18/h8-13,22H,7,14-15H2,1-6H3,(H,28,31). The van der Waals surface area contributed by atoms with E-state index in [4.69, 9.17) is 23.2 Å². The molecule has 0 radical (unpaired) electrons. The summed E-state index contributed by atoms with van der Waals surface area (Å²) in [6.45, 7) is 11.8. The zero-order valence-electron chi connectivity index (χ0n) is 19.2. The number of rotatable bonds is 7. The van der Waals surface area contributed by atoms with Crippen LogP contribution in [-0.2, 0) is 22.6 Å². The van der Waals surface area contributed by atoms with Crippen LogP contribution in [0.5, 0.6) is 0 Å². The molecule has 1 N–H and O–H groups in total. The van der Waals surface area contributed by atoms with Gasteiger partial charge in [0.15, 0.2) is 0 Å². The number of hydrogen-bond acceptors (Lipinski definition) is 2. The van der Waals surface area contributed by atoms with Crippen LogP contribution in [0.3, 0.4) is 0 Å². The number of halogens is 2. The molecule has 0 fully saturated rings. The van der Waals surface area contributed by atoms with E-state index in [0.717, 1.165) is 16.7 Å². The van der Waals surface area contributed by atoms with Gasteiger partial charge in [-0.3, -0.25) is 9.59 Å². The van der Waals surface area contributed by atoms with Crippen molar-refractivity contribution in [3.63, 3.8) is 0 Å². The fourth-order valence-electron chi connectivity index (χ4n) is 3.67. The number of carbonyl (C=O) groups is 2. The molecule has 0 aliphatic heterocycles. The zero-order valence-corrected chi connectivity index (χ0v) is 20.7. The summed E-state index contributed by atoms with van der Waals surface area (Å²) in [6, 6.07) is 10.7. The van der Waals surface area contributed by atoms with Crippen molar-refractivity contribution in [1.82, 2.24) is 10.2 Å². The Morgan fingerprint density at radius 3 is 2.06 bits per heavy atom. The largest absolute Gasteiger partial charge is 0.350 e. The molecule has 4 nitrogen and oxygen atoms in total. The van der Waals surface area contributed by atoms with Crippen molar-refractivity contribution in [3.8, 4) is 0 Å². The van der Waals surface area contributed by atoms with E-state index in [9.17, 15) is 9.59 Å². The van der Waals surface area contributed by atoms with E-state index in [1.54, 1.807) is 23.1 Å². The maximum absolute atomic E-state index is 13.5. The number of hydrogen-bond donors (Lipinski definition) is 1. The molecule has 2 rings (SSSR count). The molecular formula is C25H32Cl2N2O2. The number of amides is 2. The summed E-state index contributed by atoms with van der Waals surface area (Å²) in [5.41, 5.74) is 3.35. The molecule has 2 amide bonds. The van der Waals surface area contributed by atoms with Gasteiger partial charge in [-0.25, -0.2) is 0 Å². The van der Waals surface area contributed by atoms with E-state index in [1.807, 2.05) is 53.7 Å².